The molecule has 32 heavy (non-hydrogen) atoms. The molecule has 3 aromatic carbocycles. The van der Waals surface area contributed by atoms with Gasteiger partial charge in [-0.25, -0.2) is 0 Å². The number of hydrogen-bond donors (Lipinski definition) is 0. The quantitative estimate of drug-likeness (QED) is 0.300. The van der Waals surface area contributed by atoms with Crippen LogP contribution in [0.4, 0.5) is 0 Å². The van der Waals surface area contributed by atoms with E-state index in [9.17, 15) is 0 Å². The normalized spacial score (nSPS) is 13.8. The van der Waals surface area contributed by atoms with Crippen molar-refractivity contribution in [3.8, 4) is 11.4 Å². The SMILES string of the molecule is c1ccc(-n2c3c(c4ccc5c(c6cnccc6n5-c5ccccc5)c42)CCCC3)cc1. The molecule has 154 valence electrons. The van der Waals surface area contributed by atoms with Crippen LogP contribution in [0.5, 0.6) is 0 Å². The smallest absolute Gasteiger partial charge is 0.0635 e. The molecule has 0 fully saturated rings. The van der Waals surface area contributed by atoms with Crippen LogP contribution in [0, 0.1) is 0 Å². The predicted octanol–water partition coefficient (Wildman–Crippen LogP) is 7.00. The molecule has 7 rings (SSSR count). The maximum atomic E-state index is 4.54. The Labute approximate surface area is 186 Å². The zero-order chi connectivity index (χ0) is 21.1. The topological polar surface area (TPSA) is 22.8 Å². The highest BCUT2D eigenvalue weighted by atomic mass is 15.0. The lowest BCUT2D eigenvalue weighted by Crippen LogP contribution is -2.06. The summed E-state index contributed by atoms with van der Waals surface area (Å²) >= 11 is 0. The maximum Gasteiger partial charge on any atom is 0.0635 e. The van der Waals surface area contributed by atoms with Gasteiger partial charge in [-0.2, -0.15) is 0 Å². The fourth-order valence-electron chi connectivity index (χ4n) is 5.69. The van der Waals surface area contributed by atoms with Gasteiger partial charge in [0.2, 0.25) is 0 Å². The minimum absolute atomic E-state index is 1.13. The second kappa shape index (κ2) is 6.83. The second-order valence-corrected chi connectivity index (χ2v) is 8.72. The zero-order valence-corrected chi connectivity index (χ0v) is 17.8. The minimum Gasteiger partial charge on any atom is -0.313 e. The predicted molar refractivity (Wildman–Crippen MR) is 132 cm³/mol. The fraction of sp³-hybridized carbons (Fsp3) is 0.138. The highest BCUT2D eigenvalue weighted by Crippen LogP contribution is 2.42. The van der Waals surface area contributed by atoms with E-state index >= 15 is 0 Å². The summed E-state index contributed by atoms with van der Waals surface area (Å²) in [5.41, 5.74) is 9.20. The van der Waals surface area contributed by atoms with Crippen LogP contribution >= 0.6 is 0 Å². The van der Waals surface area contributed by atoms with Crippen LogP contribution in [0.1, 0.15) is 24.1 Å². The largest absolute Gasteiger partial charge is 0.313 e. The second-order valence-electron chi connectivity index (χ2n) is 8.72. The standard InChI is InChI=1S/C29H23N3/c1-3-9-20(10-4-1)31-26-17-18-30-19-24(26)28-27(31)16-15-23-22-13-7-8-14-25(22)32(29(23)28)21-11-5-2-6-12-21/h1-6,9-12,15-19H,7-8,13-14H2. The summed E-state index contributed by atoms with van der Waals surface area (Å²) in [7, 11) is 0. The molecule has 0 N–H and O–H groups in total. The molecule has 1 aliphatic rings. The lowest BCUT2D eigenvalue weighted by molar-refractivity contribution is 0.667. The van der Waals surface area contributed by atoms with Gasteiger partial charge >= 0.3 is 0 Å². The summed E-state index contributed by atoms with van der Waals surface area (Å²) in [6, 6.07) is 28.3. The first-order valence-corrected chi connectivity index (χ1v) is 11.5. The summed E-state index contributed by atoms with van der Waals surface area (Å²) < 4.78 is 4.92. The van der Waals surface area contributed by atoms with E-state index in [1.807, 2.05) is 12.4 Å². The van der Waals surface area contributed by atoms with Crippen LogP contribution in [-0.2, 0) is 12.8 Å². The highest BCUT2D eigenvalue weighted by molar-refractivity contribution is 6.21. The van der Waals surface area contributed by atoms with E-state index in [2.05, 4.69) is 93.0 Å². The van der Waals surface area contributed by atoms with Crippen molar-refractivity contribution in [2.24, 2.45) is 0 Å². The first-order chi connectivity index (χ1) is 15.9. The fourth-order valence-corrected chi connectivity index (χ4v) is 5.69. The third kappa shape index (κ3) is 2.39. The van der Waals surface area contributed by atoms with Crippen molar-refractivity contribution in [3.05, 3.63) is 103 Å². The molecule has 0 saturated heterocycles. The van der Waals surface area contributed by atoms with Gasteiger partial charge in [-0.1, -0.05) is 42.5 Å². The van der Waals surface area contributed by atoms with Crippen molar-refractivity contribution in [3.63, 3.8) is 0 Å². The Bertz CT molecular complexity index is 1600. The van der Waals surface area contributed by atoms with E-state index in [4.69, 9.17) is 0 Å². The average molecular weight is 414 g/mol. The molecule has 0 saturated carbocycles. The molecular formula is C29H23N3. The third-order valence-corrected chi connectivity index (χ3v) is 6.99. The minimum atomic E-state index is 1.13. The lowest BCUT2D eigenvalue weighted by Gasteiger charge is -2.16. The van der Waals surface area contributed by atoms with Crippen molar-refractivity contribution >= 4 is 32.7 Å². The van der Waals surface area contributed by atoms with Gasteiger partial charge in [-0.05, 0) is 67.6 Å². The monoisotopic (exact) mass is 413 g/mol. The summed E-state index contributed by atoms with van der Waals surface area (Å²) in [4.78, 5) is 4.54. The highest BCUT2D eigenvalue weighted by Gasteiger charge is 2.25. The summed E-state index contributed by atoms with van der Waals surface area (Å²) in [6.45, 7) is 0. The average Bonchev–Trinajstić information content (AvgIpc) is 3.38. The molecule has 6 aromatic rings. The van der Waals surface area contributed by atoms with Gasteiger partial charge < -0.3 is 9.13 Å². The van der Waals surface area contributed by atoms with E-state index in [-0.39, 0.29) is 0 Å². The Kier molecular flexibility index (Phi) is 3.80. The molecule has 0 amide bonds. The molecule has 3 heterocycles. The number of aryl methyl sites for hydroxylation is 1. The lowest BCUT2D eigenvalue weighted by atomic mass is 9.95. The van der Waals surface area contributed by atoms with Crippen LogP contribution in [0.2, 0.25) is 0 Å². The Hall–Kier alpha value is -3.85. The number of nitrogens with zero attached hydrogens (tertiary/aromatic N) is 3. The number of fused-ring (bicyclic) bond motifs is 7. The van der Waals surface area contributed by atoms with Crippen molar-refractivity contribution in [2.45, 2.75) is 25.7 Å². The van der Waals surface area contributed by atoms with E-state index < -0.39 is 0 Å². The van der Waals surface area contributed by atoms with E-state index in [1.54, 1.807) is 0 Å². The van der Waals surface area contributed by atoms with Crippen molar-refractivity contribution in [2.75, 3.05) is 0 Å². The Morgan fingerprint density at radius 3 is 2.12 bits per heavy atom. The van der Waals surface area contributed by atoms with Crippen LogP contribution in [0.3, 0.4) is 0 Å². The molecule has 0 unspecified atom stereocenters. The molecule has 0 aliphatic heterocycles. The van der Waals surface area contributed by atoms with Crippen molar-refractivity contribution in [1.82, 2.24) is 14.1 Å². The third-order valence-electron chi connectivity index (χ3n) is 6.99. The van der Waals surface area contributed by atoms with Crippen LogP contribution in [0.25, 0.3) is 44.1 Å². The molecule has 0 spiro atoms. The molecule has 3 heteroatoms. The Balaban J connectivity index is 1.72. The van der Waals surface area contributed by atoms with Gasteiger partial charge in [0, 0.05) is 45.6 Å². The number of benzene rings is 3. The molecule has 3 nitrogen and oxygen atoms in total. The van der Waals surface area contributed by atoms with Crippen LogP contribution in [0.15, 0.2) is 91.3 Å². The van der Waals surface area contributed by atoms with Gasteiger partial charge in [-0.15, -0.1) is 0 Å². The van der Waals surface area contributed by atoms with Gasteiger partial charge in [0.05, 0.1) is 16.6 Å². The zero-order valence-electron chi connectivity index (χ0n) is 17.8. The summed E-state index contributed by atoms with van der Waals surface area (Å²) in [5, 5.41) is 3.91. The number of pyridine rings is 1. The van der Waals surface area contributed by atoms with Gasteiger partial charge in [0.25, 0.3) is 0 Å². The number of aromatic nitrogens is 3. The summed E-state index contributed by atoms with van der Waals surface area (Å²) in [5.74, 6) is 0. The molecule has 3 aromatic heterocycles. The van der Waals surface area contributed by atoms with Crippen molar-refractivity contribution in [1.29, 1.82) is 0 Å². The van der Waals surface area contributed by atoms with E-state index in [0.717, 1.165) is 12.8 Å². The maximum absolute atomic E-state index is 4.54. The number of hydrogen-bond acceptors (Lipinski definition) is 1. The first kappa shape index (κ1) is 17.8. The van der Waals surface area contributed by atoms with Crippen molar-refractivity contribution < 1.29 is 0 Å². The van der Waals surface area contributed by atoms with E-state index in [0.29, 0.717) is 0 Å². The molecule has 0 atom stereocenters. The molecule has 1 aliphatic carbocycles. The summed E-state index contributed by atoms with van der Waals surface area (Å²) in [6.07, 6.45) is 8.76. The molecule has 0 radical (unpaired) electrons. The van der Waals surface area contributed by atoms with Crippen LogP contribution < -0.4 is 0 Å². The van der Waals surface area contributed by atoms with Crippen LogP contribution in [-0.4, -0.2) is 14.1 Å². The molecular weight excluding hydrogens is 390 g/mol. The Morgan fingerprint density at radius 2 is 1.34 bits per heavy atom. The van der Waals surface area contributed by atoms with Gasteiger partial charge in [-0.3, -0.25) is 4.98 Å². The number of rotatable bonds is 2. The molecule has 0 bridgehead atoms. The Morgan fingerprint density at radius 1 is 0.625 bits per heavy atom. The van der Waals surface area contributed by atoms with Gasteiger partial charge in [0.1, 0.15) is 0 Å². The number of para-hydroxylation sites is 2. The van der Waals surface area contributed by atoms with Gasteiger partial charge in [0.15, 0.2) is 0 Å². The van der Waals surface area contributed by atoms with E-state index in [1.165, 1.54) is 68.2 Å². The first-order valence-electron chi connectivity index (χ1n) is 11.5.